The van der Waals surface area contributed by atoms with Crippen LogP contribution in [-0.4, -0.2) is 14.3 Å². The molecule has 0 aliphatic carbocycles. The highest BCUT2D eigenvalue weighted by molar-refractivity contribution is 7.93. The normalized spacial score (nSPS) is 11.5. The van der Waals surface area contributed by atoms with E-state index in [-0.39, 0.29) is 15.0 Å². The third-order valence-electron chi connectivity index (χ3n) is 3.96. The summed E-state index contributed by atoms with van der Waals surface area (Å²) >= 11 is 0.970. The van der Waals surface area contributed by atoms with Crippen molar-refractivity contribution in [1.82, 2.24) is 0 Å². The van der Waals surface area contributed by atoms with Gasteiger partial charge in [0.25, 0.3) is 5.91 Å². The maximum atomic E-state index is 12.6. The second kappa shape index (κ2) is 7.43. The lowest BCUT2D eigenvalue weighted by molar-refractivity contribution is 0.103. The number of rotatable bonds is 5. The standard InChI is InChI=1S/C20H19NO3S2/c1-14(2)15-8-10-16(11-9-15)21-20(22)18-12-13-19(25-18)26(23,24)17-6-4-3-5-7-17/h3-14H,1-2H3,(H,21,22). The van der Waals surface area contributed by atoms with E-state index in [2.05, 4.69) is 19.2 Å². The summed E-state index contributed by atoms with van der Waals surface area (Å²) in [6, 6.07) is 18.9. The van der Waals surface area contributed by atoms with E-state index < -0.39 is 9.84 Å². The van der Waals surface area contributed by atoms with Gasteiger partial charge < -0.3 is 5.32 Å². The Bertz CT molecular complexity index is 1000. The summed E-state index contributed by atoms with van der Waals surface area (Å²) in [5.41, 5.74) is 1.87. The van der Waals surface area contributed by atoms with E-state index in [0.717, 1.165) is 11.3 Å². The zero-order valence-electron chi connectivity index (χ0n) is 14.5. The molecule has 1 heterocycles. The first-order chi connectivity index (χ1) is 12.4. The minimum absolute atomic E-state index is 0.156. The molecule has 1 N–H and O–H groups in total. The smallest absolute Gasteiger partial charge is 0.265 e. The predicted octanol–water partition coefficient (Wildman–Crippen LogP) is 4.96. The molecule has 0 unspecified atom stereocenters. The van der Waals surface area contributed by atoms with E-state index >= 15 is 0 Å². The van der Waals surface area contributed by atoms with Gasteiger partial charge in [-0.05, 0) is 47.9 Å². The van der Waals surface area contributed by atoms with Crippen LogP contribution >= 0.6 is 11.3 Å². The summed E-state index contributed by atoms with van der Waals surface area (Å²) in [5, 5.41) is 2.81. The topological polar surface area (TPSA) is 63.2 Å². The molecule has 0 aliphatic heterocycles. The van der Waals surface area contributed by atoms with Crippen LogP contribution in [0.3, 0.4) is 0 Å². The van der Waals surface area contributed by atoms with Crippen LogP contribution in [0.2, 0.25) is 0 Å². The van der Waals surface area contributed by atoms with Gasteiger partial charge in [0.1, 0.15) is 4.21 Å². The molecule has 6 heteroatoms. The van der Waals surface area contributed by atoms with Gasteiger partial charge in [0, 0.05) is 5.69 Å². The van der Waals surface area contributed by atoms with Crippen LogP contribution in [0, 0.1) is 0 Å². The fourth-order valence-corrected chi connectivity index (χ4v) is 5.07. The molecular formula is C20H19NO3S2. The number of carbonyl (C=O) groups is 1. The van der Waals surface area contributed by atoms with Crippen LogP contribution in [0.15, 0.2) is 75.8 Å². The van der Waals surface area contributed by atoms with Gasteiger partial charge in [-0.1, -0.05) is 44.2 Å². The van der Waals surface area contributed by atoms with E-state index in [1.54, 1.807) is 30.3 Å². The molecule has 0 fully saturated rings. The lowest BCUT2D eigenvalue weighted by atomic mass is 10.0. The summed E-state index contributed by atoms with van der Waals surface area (Å²) in [6.45, 7) is 4.21. The number of hydrogen-bond acceptors (Lipinski definition) is 4. The molecule has 0 aliphatic rings. The number of hydrogen-bond donors (Lipinski definition) is 1. The van der Waals surface area contributed by atoms with Crippen LogP contribution in [0.25, 0.3) is 0 Å². The van der Waals surface area contributed by atoms with E-state index in [0.29, 0.717) is 16.5 Å². The van der Waals surface area contributed by atoms with Crippen molar-refractivity contribution < 1.29 is 13.2 Å². The lowest BCUT2D eigenvalue weighted by Crippen LogP contribution is -2.10. The molecule has 1 amide bonds. The molecule has 134 valence electrons. The summed E-state index contributed by atoms with van der Waals surface area (Å²) in [5.74, 6) is 0.101. The second-order valence-electron chi connectivity index (χ2n) is 6.17. The SMILES string of the molecule is CC(C)c1ccc(NC(=O)c2ccc(S(=O)(=O)c3ccccc3)s2)cc1. The van der Waals surface area contributed by atoms with Crippen molar-refractivity contribution in [1.29, 1.82) is 0 Å². The summed E-state index contributed by atoms with van der Waals surface area (Å²) in [7, 11) is -3.60. The largest absolute Gasteiger partial charge is 0.321 e. The molecular weight excluding hydrogens is 366 g/mol. The average molecular weight is 386 g/mol. The fraction of sp³-hybridized carbons (Fsp3) is 0.150. The van der Waals surface area contributed by atoms with Crippen molar-refractivity contribution in [3.63, 3.8) is 0 Å². The van der Waals surface area contributed by atoms with Gasteiger partial charge in [0.05, 0.1) is 9.77 Å². The molecule has 0 spiro atoms. The number of carbonyl (C=O) groups excluding carboxylic acids is 1. The Hall–Kier alpha value is -2.44. The van der Waals surface area contributed by atoms with Crippen molar-refractivity contribution in [3.8, 4) is 0 Å². The van der Waals surface area contributed by atoms with E-state index in [1.165, 1.54) is 17.7 Å². The van der Waals surface area contributed by atoms with Crippen LogP contribution in [0.1, 0.15) is 35.0 Å². The highest BCUT2D eigenvalue weighted by atomic mass is 32.2. The molecule has 0 atom stereocenters. The Morgan fingerprint density at radius 2 is 1.58 bits per heavy atom. The van der Waals surface area contributed by atoms with Crippen molar-refractivity contribution in [2.45, 2.75) is 28.9 Å². The minimum atomic E-state index is -3.60. The molecule has 0 bridgehead atoms. The first-order valence-corrected chi connectivity index (χ1v) is 10.5. The Labute approximate surface area is 157 Å². The molecule has 3 rings (SSSR count). The maximum absolute atomic E-state index is 12.6. The molecule has 2 aromatic carbocycles. The maximum Gasteiger partial charge on any atom is 0.265 e. The number of anilines is 1. The Kier molecular flexibility index (Phi) is 5.25. The van der Waals surface area contributed by atoms with E-state index in [1.807, 2.05) is 24.3 Å². The van der Waals surface area contributed by atoms with Crippen LogP contribution in [-0.2, 0) is 9.84 Å². The van der Waals surface area contributed by atoms with Crippen molar-refractivity contribution in [2.24, 2.45) is 0 Å². The highest BCUT2D eigenvalue weighted by Crippen LogP contribution is 2.28. The number of amides is 1. The molecule has 26 heavy (non-hydrogen) atoms. The molecule has 0 saturated heterocycles. The zero-order valence-corrected chi connectivity index (χ0v) is 16.1. The monoisotopic (exact) mass is 385 g/mol. The Morgan fingerprint density at radius 1 is 0.923 bits per heavy atom. The van der Waals surface area contributed by atoms with Gasteiger partial charge in [-0.25, -0.2) is 8.42 Å². The van der Waals surface area contributed by atoms with Gasteiger partial charge in [0.15, 0.2) is 0 Å². The number of sulfone groups is 1. The number of thiophene rings is 1. The molecule has 0 radical (unpaired) electrons. The predicted molar refractivity (Wildman–Crippen MR) is 105 cm³/mol. The van der Waals surface area contributed by atoms with Crippen LogP contribution in [0.5, 0.6) is 0 Å². The Morgan fingerprint density at radius 3 is 2.19 bits per heavy atom. The molecule has 1 aromatic heterocycles. The third kappa shape index (κ3) is 3.86. The fourth-order valence-electron chi connectivity index (χ4n) is 2.45. The quantitative estimate of drug-likeness (QED) is 0.675. The number of benzene rings is 2. The van der Waals surface area contributed by atoms with Crippen LogP contribution in [0.4, 0.5) is 5.69 Å². The lowest BCUT2D eigenvalue weighted by Gasteiger charge is -2.07. The van der Waals surface area contributed by atoms with Crippen molar-refractivity contribution >= 4 is 32.8 Å². The van der Waals surface area contributed by atoms with Gasteiger partial charge >= 0.3 is 0 Å². The second-order valence-corrected chi connectivity index (χ2v) is 9.43. The molecule has 3 aromatic rings. The van der Waals surface area contributed by atoms with E-state index in [4.69, 9.17) is 0 Å². The summed E-state index contributed by atoms with van der Waals surface area (Å²) in [4.78, 5) is 13.0. The van der Waals surface area contributed by atoms with Gasteiger partial charge in [-0.3, -0.25) is 4.79 Å². The zero-order chi connectivity index (χ0) is 18.7. The van der Waals surface area contributed by atoms with Gasteiger partial charge in [0.2, 0.25) is 9.84 Å². The average Bonchev–Trinajstić information content (AvgIpc) is 3.14. The summed E-state index contributed by atoms with van der Waals surface area (Å²) < 4.78 is 25.4. The third-order valence-corrected chi connectivity index (χ3v) is 7.30. The van der Waals surface area contributed by atoms with Gasteiger partial charge in [-0.2, -0.15) is 0 Å². The summed E-state index contributed by atoms with van der Waals surface area (Å²) in [6.07, 6.45) is 0. The van der Waals surface area contributed by atoms with Crippen molar-refractivity contribution in [3.05, 3.63) is 77.2 Å². The van der Waals surface area contributed by atoms with Crippen LogP contribution < -0.4 is 5.32 Å². The van der Waals surface area contributed by atoms with Crippen molar-refractivity contribution in [2.75, 3.05) is 5.32 Å². The minimum Gasteiger partial charge on any atom is -0.321 e. The van der Waals surface area contributed by atoms with E-state index in [9.17, 15) is 13.2 Å². The van der Waals surface area contributed by atoms with Gasteiger partial charge in [-0.15, -0.1) is 11.3 Å². The highest BCUT2D eigenvalue weighted by Gasteiger charge is 2.21. The number of nitrogens with one attached hydrogen (secondary N) is 1. The molecule has 0 saturated carbocycles. The first-order valence-electron chi connectivity index (χ1n) is 8.19. The molecule has 4 nitrogen and oxygen atoms in total. The first kappa shape index (κ1) is 18.4. The Balaban J connectivity index is 1.78.